The van der Waals surface area contributed by atoms with E-state index in [-0.39, 0.29) is 24.6 Å². The Balaban J connectivity index is 2.12. The number of pyridine rings is 1. The molecule has 92 valence electrons. The molecule has 1 aromatic heterocycles. The molecule has 5 nitrogen and oxygen atoms in total. The number of hydrogen-bond donors (Lipinski definition) is 1. The van der Waals surface area contributed by atoms with Gasteiger partial charge in [-0.1, -0.05) is 6.07 Å². The van der Waals surface area contributed by atoms with Crippen LogP contribution in [-0.4, -0.2) is 28.5 Å². The Labute approximate surface area is 99.8 Å². The predicted molar refractivity (Wildman–Crippen MR) is 64.4 cm³/mol. The summed E-state index contributed by atoms with van der Waals surface area (Å²) < 4.78 is 1.42. The summed E-state index contributed by atoms with van der Waals surface area (Å²) in [5.74, 6) is -0.0243. The molecule has 1 fully saturated rings. The minimum atomic E-state index is -0.174. The number of aromatic nitrogens is 1. The molecular formula is C12H17N3O2. The van der Waals surface area contributed by atoms with Gasteiger partial charge in [0.2, 0.25) is 5.91 Å². The third-order valence-electron chi connectivity index (χ3n) is 3.11. The van der Waals surface area contributed by atoms with Gasteiger partial charge in [-0.05, 0) is 18.9 Å². The van der Waals surface area contributed by atoms with E-state index in [9.17, 15) is 9.59 Å². The van der Waals surface area contributed by atoms with E-state index in [2.05, 4.69) is 0 Å². The van der Waals surface area contributed by atoms with E-state index in [4.69, 9.17) is 5.73 Å². The summed E-state index contributed by atoms with van der Waals surface area (Å²) in [4.78, 5) is 25.5. The van der Waals surface area contributed by atoms with Crippen molar-refractivity contribution < 1.29 is 4.79 Å². The van der Waals surface area contributed by atoms with Gasteiger partial charge < -0.3 is 15.2 Å². The molecule has 17 heavy (non-hydrogen) atoms. The largest absolute Gasteiger partial charge is 0.341 e. The van der Waals surface area contributed by atoms with Gasteiger partial charge in [0.25, 0.3) is 5.56 Å². The third-order valence-corrected chi connectivity index (χ3v) is 3.11. The highest BCUT2D eigenvalue weighted by Gasteiger charge is 2.29. The Hall–Kier alpha value is -1.62. The van der Waals surface area contributed by atoms with E-state index in [1.54, 1.807) is 30.3 Å². The summed E-state index contributed by atoms with van der Waals surface area (Å²) in [6.45, 7) is 0.298. The van der Waals surface area contributed by atoms with Crippen molar-refractivity contribution in [2.75, 3.05) is 7.05 Å². The molecule has 0 radical (unpaired) electrons. The maximum atomic E-state index is 11.9. The SMILES string of the molecule is CN(C(=O)Cn1cccc(CN)c1=O)C1CC1. The van der Waals surface area contributed by atoms with Crippen molar-refractivity contribution in [2.24, 2.45) is 5.73 Å². The number of carbonyl (C=O) groups excluding carboxylic acids is 1. The van der Waals surface area contributed by atoms with Crippen molar-refractivity contribution in [1.82, 2.24) is 9.47 Å². The van der Waals surface area contributed by atoms with Crippen molar-refractivity contribution in [2.45, 2.75) is 32.0 Å². The molecular weight excluding hydrogens is 218 g/mol. The second kappa shape index (κ2) is 4.71. The fourth-order valence-corrected chi connectivity index (χ4v) is 1.79. The molecule has 2 rings (SSSR count). The van der Waals surface area contributed by atoms with Crippen molar-refractivity contribution in [3.8, 4) is 0 Å². The van der Waals surface area contributed by atoms with Gasteiger partial charge in [0, 0.05) is 31.4 Å². The first-order chi connectivity index (χ1) is 8.13. The zero-order valence-corrected chi connectivity index (χ0v) is 9.93. The van der Waals surface area contributed by atoms with Crippen molar-refractivity contribution in [3.63, 3.8) is 0 Å². The summed E-state index contributed by atoms with van der Waals surface area (Å²) in [7, 11) is 1.79. The number of nitrogens with zero attached hydrogens (tertiary/aromatic N) is 2. The normalized spacial score (nSPS) is 14.7. The molecule has 5 heteroatoms. The third kappa shape index (κ3) is 2.55. The quantitative estimate of drug-likeness (QED) is 0.794. The fourth-order valence-electron chi connectivity index (χ4n) is 1.79. The van der Waals surface area contributed by atoms with Crippen LogP contribution in [-0.2, 0) is 17.9 Å². The summed E-state index contributed by atoms with van der Waals surface area (Å²) in [5.41, 5.74) is 5.82. The lowest BCUT2D eigenvalue weighted by atomic mass is 10.3. The number of likely N-dealkylation sites (N-methyl/N-ethyl adjacent to an activating group) is 1. The van der Waals surface area contributed by atoms with Crippen LogP contribution in [0.15, 0.2) is 23.1 Å². The minimum absolute atomic E-state index is 0.0243. The molecule has 1 heterocycles. The smallest absolute Gasteiger partial charge is 0.255 e. The summed E-state index contributed by atoms with van der Waals surface area (Å²) in [5, 5.41) is 0. The molecule has 0 aliphatic heterocycles. The van der Waals surface area contributed by atoms with Crippen LogP contribution in [0.2, 0.25) is 0 Å². The van der Waals surface area contributed by atoms with E-state index in [1.807, 2.05) is 0 Å². The highest BCUT2D eigenvalue weighted by molar-refractivity contribution is 5.76. The summed E-state index contributed by atoms with van der Waals surface area (Å²) in [6.07, 6.45) is 3.76. The van der Waals surface area contributed by atoms with E-state index in [0.29, 0.717) is 11.6 Å². The first-order valence-corrected chi connectivity index (χ1v) is 5.77. The lowest BCUT2D eigenvalue weighted by Crippen LogP contribution is -2.36. The van der Waals surface area contributed by atoms with Crippen molar-refractivity contribution >= 4 is 5.91 Å². The molecule has 0 unspecified atom stereocenters. The first-order valence-electron chi connectivity index (χ1n) is 5.77. The standard InChI is InChI=1S/C12H17N3O2/c1-14(10-4-5-10)11(16)8-15-6-2-3-9(7-13)12(15)17/h2-3,6,10H,4-5,7-8,13H2,1H3. The van der Waals surface area contributed by atoms with Crippen LogP contribution in [0.1, 0.15) is 18.4 Å². The Morgan fingerprint density at radius 1 is 1.59 bits per heavy atom. The van der Waals surface area contributed by atoms with Gasteiger partial charge in [-0.2, -0.15) is 0 Å². The van der Waals surface area contributed by atoms with Gasteiger partial charge in [-0.15, -0.1) is 0 Å². The summed E-state index contributed by atoms with van der Waals surface area (Å²) >= 11 is 0. The number of rotatable bonds is 4. The maximum absolute atomic E-state index is 11.9. The fraction of sp³-hybridized carbons (Fsp3) is 0.500. The molecule has 0 aromatic carbocycles. The van der Waals surface area contributed by atoms with E-state index >= 15 is 0 Å². The molecule has 0 atom stereocenters. The van der Waals surface area contributed by atoms with Crippen LogP contribution in [0, 0.1) is 0 Å². The predicted octanol–water partition coefficient (Wildman–Crippen LogP) is -0.0722. The van der Waals surface area contributed by atoms with Crippen LogP contribution < -0.4 is 11.3 Å². The number of hydrogen-bond acceptors (Lipinski definition) is 3. The number of amides is 1. The molecule has 1 aliphatic carbocycles. The average Bonchev–Trinajstić information content (AvgIpc) is 3.15. The van der Waals surface area contributed by atoms with Gasteiger partial charge in [-0.25, -0.2) is 0 Å². The summed E-state index contributed by atoms with van der Waals surface area (Å²) in [6, 6.07) is 3.80. The first kappa shape index (κ1) is 11.9. The number of carbonyl (C=O) groups is 1. The van der Waals surface area contributed by atoms with Crippen LogP contribution in [0.25, 0.3) is 0 Å². The molecule has 1 amide bonds. The zero-order valence-electron chi connectivity index (χ0n) is 9.93. The molecule has 0 bridgehead atoms. The number of nitrogens with two attached hydrogens (primary N) is 1. The van der Waals surface area contributed by atoms with Crippen LogP contribution in [0.5, 0.6) is 0 Å². The van der Waals surface area contributed by atoms with Crippen LogP contribution in [0.4, 0.5) is 0 Å². The van der Waals surface area contributed by atoms with Crippen molar-refractivity contribution in [3.05, 3.63) is 34.2 Å². The van der Waals surface area contributed by atoms with Crippen LogP contribution >= 0.6 is 0 Å². The van der Waals surface area contributed by atoms with Gasteiger partial charge in [0.15, 0.2) is 0 Å². The molecule has 0 saturated heterocycles. The lowest BCUT2D eigenvalue weighted by Gasteiger charge is -2.17. The topological polar surface area (TPSA) is 68.3 Å². The van der Waals surface area contributed by atoms with E-state index in [0.717, 1.165) is 12.8 Å². The monoisotopic (exact) mass is 235 g/mol. The second-order valence-corrected chi connectivity index (χ2v) is 4.41. The second-order valence-electron chi connectivity index (χ2n) is 4.41. The van der Waals surface area contributed by atoms with Crippen LogP contribution in [0.3, 0.4) is 0 Å². The molecule has 0 spiro atoms. The Morgan fingerprint density at radius 2 is 2.29 bits per heavy atom. The van der Waals surface area contributed by atoms with E-state index < -0.39 is 0 Å². The van der Waals surface area contributed by atoms with Gasteiger partial charge in [0.1, 0.15) is 6.54 Å². The van der Waals surface area contributed by atoms with E-state index in [1.165, 1.54) is 4.57 Å². The average molecular weight is 235 g/mol. The minimum Gasteiger partial charge on any atom is -0.341 e. The highest BCUT2D eigenvalue weighted by Crippen LogP contribution is 2.25. The molecule has 2 N–H and O–H groups in total. The highest BCUT2D eigenvalue weighted by atomic mass is 16.2. The Kier molecular flexibility index (Phi) is 3.28. The molecule has 1 aliphatic rings. The zero-order chi connectivity index (χ0) is 12.4. The lowest BCUT2D eigenvalue weighted by molar-refractivity contribution is -0.131. The molecule has 1 aromatic rings. The van der Waals surface area contributed by atoms with Crippen molar-refractivity contribution in [1.29, 1.82) is 0 Å². The van der Waals surface area contributed by atoms with Gasteiger partial charge >= 0.3 is 0 Å². The van der Waals surface area contributed by atoms with Gasteiger partial charge in [-0.3, -0.25) is 9.59 Å². The Bertz CT molecular complexity index is 477. The molecule has 1 saturated carbocycles. The maximum Gasteiger partial charge on any atom is 0.255 e. The Morgan fingerprint density at radius 3 is 2.88 bits per heavy atom. The van der Waals surface area contributed by atoms with Gasteiger partial charge in [0.05, 0.1) is 0 Å².